The lowest BCUT2D eigenvalue weighted by Crippen LogP contribution is -2.45. The monoisotopic (exact) mass is 401 g/mol. The molecule has 0 bridgehead atoms. The van der Waals surface area contributed by atoms with Gasteiger partial charge >= 0.3 is 0 Å². The van der Waals surface area contributed by atoms with Crippen LogP contribution in [0.3, 0.4) is 0 Å². The highest BCUT2D eigenvalue weighted by molar-refractivity contribution is 7.91. The Hall–Kier alpha value is -1.51. The normalized spacial score (nSPS) is 26.2. The van der Waals surface area contributed by atoms with Gasteiger partial charge in [0.1, 0.15) is 0 Å². The Labute approximate surface area is 157 Å². The van der Waals surface area contributed by atoms with Crippen LogP contribution in [0.1, 0.15) is 29.6 Å². The van der Waals surface area contributed by atoms with Crippen LogP contribution in [-0.2, 0) is 14.6 Å². The van der Waals surface area contributed by atoms with Crippen LogP contribution in [0.4, 0.5) is 0 Å². The fourth-order valence-electron chi connectivity index (χ4n) is 3.68. The highest BCUT2D eigenvalue weighted by Crippen LogP contribution is 2.40. The molecule has 1 amide bonds. The summed E-state index contributed by atoms with van der Waals surface area (Å²) in [6, 6.07) is 2.80. The largest absolute Gasteiger partial charge is 0.454 e. The SMILES string of the molecule is O=C(c1cc(Cl)c2c(c1)OCO2)N(C[C@@H]1CCCO1)[C@@H]1CCS(=O)(=O)C1. The molecule has 1 aromatic carbocycles. The molecule has 0 radical (unpaired) electrons. The molecule has 3 heterocycles. The fraction of sp³-hybridized carbons (Fsp3) is 0.588. The van der Waals surface area contributed by atoms with E-state index in [0.717, 1.165) is 12.8 Å². The molecule has 0 N–H and O–H groups in total. The van der Waals surface area contributed by atoms with E-state index in [1.807, 2.05) is 0 Å². The number of amides is 1. The maximum Gasteiger partial charge on any atom is 0.254 e. The molecule has 9 heteroatoms. The third-order valence-electron chi connectivity index (χ3n) is 5.01. The maximum absolute atomic E-state index is 13.2. The molecule has 4 rings (SSSR count). The van der Waals surface area contributed by atoms with Crippen molar-refractivity contribution in [3.8, 4) is 11.5 Å². The second-order valence-corrected chi connectivity index (χ2v) is 9.48. The summed E-state index contributed by atoms with van der Waals surface area (Å²) in [6.45, 7) is 1.11. The molecule has 0 saturated carbocycles. The lowest BCUT2D eigenvalue weighted by molar-refractivity contribution is 0.0441. The Morgan fingerprint density at radius 3 is 2.81 bits per heavy atom. The second-order valence-electron chi connectivity index (χ2n) is 6.84. The van der Waals surface area contributed by atoms with E-state index < -0.39 is 9.84 Å². The molecule has 0 spiro atoms. The van der Waals surface area contributed by atoms with E-state index in [2.05, 4.69) is 0 Å². The number of halogens is 1. The van der Waals surface area contributed by atoms with Crippen molar-refractivity contribution in [2.24, 2.45) is 0 Å². The van der Waals surface area contributed by atoms with E-state index in [-0.39, 0.29) is 36.4 Å². The second kappa shape index (κ2) is 6.90. The van der Waals surface area contributed by atoms with Crippen molar-refractivity contribution >= 4 is 27.3 Å². The van der Waals surface area contributed by atoms with Gasteiger partial charge in [-0.3, -0.25) is 4.79 Å². The number of carbonyl (C=O) groups is 1. The minimum Gasteiger partial charge on any atom is -0.454 e. The van der Waals surface area contributed by atoms with Crippen molar-refractivity contribution in [1.82, 2.24) is 4.90 Å². The number of sulfone groups is 1. The molecule has 7 nitrogen and oxygen atoms in total. The van der Waals surface area contributed by atoms with Gasteiger partial charge in [-0.2, -0.15) is 0 Å². The molecule has 26 heavy (non-hydrogen) atoms. The molecule has 142 valence electrons. The van der Waals surface area contributed by atoms with Gasteiger partial charge in [0.05, 0.1) is 22.6 Å². The minimum absolute atomic E-state index is 0.0102. The quantitative estimate of drug-likeness (QED) is 0.766. The van der Waals surface area contributed by atoms with E-state index in [0.29, 0.717) is 41.7 Å². The van der Waals surface area contributed by atoms with Crippen molar-refractivity contribution in [2.45, 2.75) is 31.4 Å². The van der Waals surface area contributed by atoms with Crippen LogP contribution >= 0.6 is 11.6 Å². The lowest BCUT2D eigenvalue weighted by atomic mass is 10.1. The average Bonchev–Trinajstić information content (AvgIpc) is 3.32. The van der Waals surface area contributed by atoms with E-state index in [4.69, 9.17) is 25.8 Å². The topological polar surface area (TPSA) is 82.1 Å². The number of benzene rings is 1. The predicted octanol–water partition coefficient (Wildman–Crippen LogP) is 1.88. The van der Waals surface area contributed by atoms with Crippen molar-refractivity contribution in [2.75, 3.05) is 31.5 Å². The highest BCUT2D eigenvalue weighted by Gasteiger charge is 2.37. The Bertz CT molecular complexity index is 821. The summed E-state index contributed by atoms with van der Waals surface area (Å²) in [5, 5.41) is 0.305. The number of hydrogen-bond donors (Lipinski definition) is 0. The zero-order valence-corrected chi connectivity index (χ0v) is 15.7. The van der Waals surface area contributed by atoms with Crippen LogP contribution in [0.5, 0.6) is 11.5 Å². The molecular weight excluding hydrogens is 382 g/mol. The molecule has 2 fully saturated rings. The van der Waals surface area contributed by atoms with Gasteiger partial charge in [-0.1, -0.05) is 11.6 Å². The van der Waals surface area contributed by atoms with Crippen LogP contribution in [0.15, 0.2) is 12.1 Å². The summed E-state index contributed by atoms with van der Waals surface area (Å²) >= 11 is 6.20. The summed E-state index contributed by atoms with van der Waals surface area (Å²) in [5.41, 5.74) is 0.363. The van der Waals surface area contributed by atoms with Crippen LogP contribution in [-0.4, -0.2) is 62.8 Å². The van der Waals surface area contributed by atoms with Gasteiger partial charge < -0.3 is 19.1 Å². The predicted molar refractivity (Wildman–Crippen MR) is 94.6 cm³/mol. The summed E-state index contributed by atoms with van der Waals surface area (Å²) in [5.74, 6) is 0.690. The van der Waals surface area contributed by atoms with Crippen LogP contribution in [0.2, 0.25) is 5.02 Å². The standard InChI is InChI=1S/C17H20ClNO6S/c18-14-6-11(7-15-16(14)25-10-24-15)17(20)19(8-13-2-1-4-23-13)12-3-5-26(21,22)9-12/h6-7,12-13H,1-5,8-10H2/t12-,13+/m1/s1. The zero-order chi connectivity index (χ0) is 18.3. The third kappa shape index (κ3) is 3.50. The molecule has 1 aromatic rings. The maximum atomic E-state index is 13.2. The van der Waals surface area contributed by atoms with Gasteiger partial charge in [0.15, 0.2) is 21.3 Å². The Morgan fingerprint density at radius 1 is 1.27 bits per heavy atom. The molecule has 3 aliphatic heterocycles. The molecule has 0 unspecified atom stereocenters. The smallest absolute Gasteiger partial charge is 0.254 e. The number of ether oxygens (including phenoxy) is 3. The van der Waals surface area contributed by atoms with Crippen molar-refractivity contribution in [3.05, 3.63) is 22.7 Å². The Balaban J connectivity index is 1.62. The zero-order valence-electron chi connectivity index (χ0n) is 14.1. The first-order chi connectivity index (χ1) is 12.4. The molecule has 0 aromatic heterocycles. The van der Waals surface area contributed by atoms with Gasteiger partial charge in [-0.25, -0.2) is 8.42 Å². The van der Waals surface area contributed by atoms with Crippen molar-refractivity contribution < 1.29 is 27.4 Å². The molecule has 0 aliphatic carbocycles. The summed E-state index contributed by atoms with van der Waals surface area (Å²) in [6.07, 6.45) is 2.20. The molecule has 2 atom stereocenters. The van der Waals surface area contributed by atoms with Gasteiger partial charge in [0, 0.05) is 24.8 Å². The van der Waals surface area contributed by atoms with Crippen LogP contribution in [0, 0.1) is 0 Å². The van der Waals surface area contributed by atoms with E-state index in [1.54, 1.807) is 17.0 Å². The van der Waals surface area contributed by atoms with Crippen LogP contribution < -0.4 is 9.47 Å². The Morgan fingerprint density at radius 2 is 2.12 bits per heavy atom. The van der Waals surface area contributed by atoms with E-state index in [9.17, 15) is 13.2 Å². The first kappa shape index (κ1) is 17.9. The number of hydrogen-bond acceptors (Lipinski definition) is 6. The van der Waals surface area contributed by atoms with Crippen molar-refractivity contribution in [3.63, 3.8) is 0 Å². The number of fused-ring (bicyclic) bond motifs is 1. The summed E-state index contributed by atoms with van der Waals surface area (Å²) in [7, 11) is -3.11. The van der Waals surface area contributed by atoms with E-state index in [1.165, 1.54) is 0 Å². The summed E-state index contributed by atoms with van der Waals surface area (Å²) in [4.78, 5) is 14.8. The highest BCUT2D eigenvalue weighted by atomic mass is 35.5. The minimum atomic E-state index is -3.11. The number of carbonyl (C=O) groups excluding carboxylic acids is 1. The first-order valence-electron chi connectivity index (χ1n) is 8.65. The number of nitrogens with zero attached hydrogens (tertiary/aromatic N) is 1. The number of rotatable bonds is 4. The third-order valence-corrected chi connectivity index (χ3v) is 7.04. The summed E-state index contributed by atoms with van der Waals surface area (Å²) < 4.78 is 40.1. The van der Waals surface area contributed by atoms with Gasteiger partial charge in [-0.15, -0.1) is 0 Å². The molecule has 3 aliphatic rings. The van der Waals surface area contributed by atoms with Crippen LogP contribution in [0.25, 0.3) is 0 Å². The van der Waals surface area contributed by atoms with Gasteiger partial charge in [0.25, 0.3) is 5.91 Å². The molecule has 2 saturated heterocycles. The van der Waals surface area contributed by atoms with E-state index >= 15 is 0 Å². The average molecular weight is 402 g/mol. The van der Waals surface area contributed by atoms with Gasteiger partial charge in [0.2, 0.25) is 6.79 Å². The fourth-order valence-corrected chi connectivity index (χ4v) is 5.68. The Kier molecular flexibility index (Phi) is 4.75. The molecular formula is C17H20ClNO6S. The lowest BCUT2D eigenvalue weighted by Gasteiger charge is -2.30. The van der Waals surface area contributed by atoms with Gasteiger partial charge in [-0.05, 0) is 31.4 Å². The van der Waals surface area contributed by atoms with Crippen molar-refractivity contribution in [1.29, 1.82) is 0 Å². The first-order valence-corrected chi connectivity index (χ1v) is 10.8.